The summed E-state index contributed by atoms with van der Waals surface area (Å²) in [6, 6.07) is 11.9. The van der Waals surface area contributed by atoms with Gasteiger partial charge in [-0.05, 0) is 42.8 Å². The fraction of sp³-hybridized carbons (Fsp3) is 0.227. The zero-order valence-electron chi connectivity index (χ0n) is 17.8. The fourth-order valence-corrected chi connectivity index (χ4v) is 3.39. The minimum Gasteiger partial charge on any atom is -0.497 e. The first-order valence-electron chi connectivity index (χ1n) is 9.48. The van der Waals surface area contributed by atoms with Gasteiger partial charge in [0.05, 0.1) is 17.7 Å². The molecular formula is C22H24N2O7S. The van der Waals surface area contributed by atoms with Crippen LogP contribution < -0.4 is 15.4 Å². The monoisotopic (exact) mass is 460 g/mol. The van der Waals surface area contributed by atoms with Crippen molar-refractivity contribution in [2.24, 2.45) is 0 Å². The molecule has 2 aromatic rings. The molecule has 1 atom stereocenters. The first kappa shape index (κ1) is 24.6. The van der Waals surface area contributed by atoms with Crippen LogP contribution in [0.3, 0.4) is 0 Å². The van der Waals surface area contributed by atoms with Gasteiger partial charge in [0.15, 0.2) is 16.4 Å². The van der Waals surface area contributed by atoms with E-state index < -0.39 is 40.3 Å². The summed E-state index contributed by atoms with van der Waals surface area (Å²) in [4.78, 5) is 36.1. The quantitative estimate of drug-likeness (QED) is 0.431. The Hall–Kier alpha value is -3.66. The number of carbonyl (C=O) groups is 3. The first-order valence-corrected chi connectivity index (χ1v) is 11.4. The molecule has 2 rings (SSSR count). The highest BCUT2D eigenvalue weighted by molar-refractivity contribution is 7.90. The molecule has 0 bridgehead atoms. The minimum atomic E-state index is -3.55. The van der Waals surface area contributed by atoms with Gasteiger partial charge in [-0.15, -0.1) is 0 Å². The van der Waals surface area contributed by atoms with Crippen molar-refractivity contribution in [3.8, 4) is 5.75 Å². The lowest BCUT2D eigenvalue weighted by Gasteiger charge is -2.13. The Balaban J connectivity index is 1.84. The number of hydrogen-bond acceptors (Lipinski definition) is 7. The van der Waals surface area contributed by atoms with Crippen LogP contribution >= 0.6 is 0 Å². The molecule has 2 amide bonds. The van der Waals surface area contributed by atoms with Gasteiger partial charge in [0.1, 0.15) is 11.8 Å². The van der Waals surface area contributed by atoms with Crippen molar-refractivity contribution in [1.29, 1.82) is 0 Å². The number of carbonyl (C=O) groups excluding carboxylic acids is 3. The number of rotatable bonds is 9. The maximum absolute atomic E-state index is 12.1. The van der Waals surface area contributed by atoms with Crippen molar-refractivity contribution < 1.29 is 32.3 Å². The number of methoxy groups -OCH3 is 1. The summed E-state index contributed by atoms with van der Waals surface area (Å²) in [5, 5.41) is 4.83. The normalized spacial score (nSPS) is 12.1. The Kier molecular flexibility index (Phi) is 8.54. The standard InChI is InChI=1S/C22H24N2O7S/c1-15(23-20(25)13-10-16-8-11-17(30-2)12-9-16)22(27)31-14-21(26)24-18-6-4-5-7-19(18)32(3,28)29/h4-13,15H,14H2,1-3H3,(H,23,25)(H,24,26)/b13-10+/t15-/m1/s1. The predicted octanol–water partition coefficient (Wildman–Crippen LogP) is 1.80. The number of anilines is 1. The second kappa shape index (κ2) is 11.1. The number of hydrogen-bond donors (Lipinski definition) is 2. The van der Waals surface area contributed by atoms with E-state index in [1.54, 1.807) is 43.5 Å². The smallest absolute Gasteiger partial charge is 0.328 e. The van der Waals surface area contributed by atoms with E-state index in [1.165, 1.54) is 31.2 Å². The maximum Gasteiger partial charge on any atom is 0.328 e. The van der Waals surface area contributed by atoms with Crippen molar-refractivity contribution in [1.82, 2.24) is 5.32 Å². The number of ether oxygens (including phenoxy) is 2. The molecule has 0 radical (unpaired) electrons. The number of nitrogens with one attached hydrogen (secondary N) is 2. The second-order valence-corrected chi connectivity index (χ2v) is 8.75. The summed E-state index contributed by atoms with van der Waals surface area (Å²) in [5.74, 6) is -1.36. The van der Waals surface area contributed by atoms with E-state index >= 15 is 0 Å². The van der Waals surface area contributed by atoms with Gasteiger partial charge in [0.2, 0.25) is 5.91 Å². The number of sulfone groups is 1. The van der Waals surface area contributed by atoms with Crippen molar-refractivity contribution in [2.75, 3.05) is 25.3 Å². The minimum absolute atomic E-state index is 0.0519. The molecular weight excluding hydrogens is 436 g/mol. The molecule has 0 saturated carbocycles. The molecule has 32 heavy (non-hydrogen) atoms. The topological polar surface area (TPSA) is 128 Å². The van der Waals surface area contributed by atoms with E-state index in [2.05, 4.69) is 10.6 Å². The number of benzene rings is 2. The van der Waals surface area contributed by atoms with E-state index in [-0.39, 0.29) is 10.6 Å². The average Bonchev–Trinajstić information content (AvgIpc) is 2.76. The third-order valence-electron chi connectivity index (χ3n) is 4.16. The van der Waals surface area contributed by atoms with Gasteiger partial charge in [-0.1, -0.05) is 24.3 Å². The average molecular weight is 461 g/mol. The summed E-state index contributed by atoms with van der Waals surface area (Å²) in [6.07, 6.45) is 3.85. The predicted molar refractivity (Wildman–Crippen MR) is 119 cm³/mol. The molecule has 0 aromatic heterocycles. The second-order valence-electron chi connectivity index (χ2n) is 6.76. The van der Waals surface area contributed by atoms with Crippen LogP contribution in [0.5, 0.6) is 5.75 Å². The largest absolute Gasteiger partial charge is 0.497 e. The van der Waals surface area contributed by atoms with Crippen molar-refractivity contribution in [2.45, 2.75) is 17.9 Å². The Morgan fingerprint density at radius 1 is 1.06 bits per heavy atom. The highest BCUT2D eigenvalue weighted by Gasteiger charge is 2.19. The molecule has 0 aliphatic carbocycles. The van der Waals surface area contributed by atoms with E-state index in [0.717, 1.165) is 11.8 Å². The van der Waals surface area contributed by atoms with Crippen LogP contribution in [0.15, 0.2) is 59.5 Å². The van der Waals surface area contributed by atoms with Crippen LogP contribution in [0.1, 0.15) is 12.5 Å². The molecule has 0 unspecified atom stereocenters. The van der Waals surface area contributed by atoms with E-state index in [1.807, 2.05) is 0 Å². The van der Waals surface area contributed by atoms with Crippen LogP contribution in [-0.4, -0.2) is 52.2 Å². The molecule has 0 aliphatic heterocycles. The van der Waals surface area contributed by atoms with Gasteiger partial charge >= 0.3 is 5.97 Å². The van der Waals surface area contributed by atoms with E-state index in [9.17, 15) is 22.8 Å². The van der Waals surface area contributed by atoms with Crippen LogP contribution in [0, 0.1) is 0 Å². The molecule has 2 N–H and O–H groups in total. The van der Waals surface area contributed by atoms with Gasteiger partial charge in [-0.25, -0.2) is 13.2 Å². The van der Waals surface area contributed by atoms with Gasteiger partial charge < -0.3 is 20.1 Å². The summed E-state index contributed by atoms with van der Waals surface area (Å²) in [6.45, 7) is 0.775. The molecule has 0 fully saturated rings. The lowest BCUT2D eigenvalue weighted by atomic mass is 10.2. The highest BCUT2D eigenvalue weighted by Crippen LogP contribution is 2.20. The third-order valence-corrected chi connectivity index (χ3v) is 5.32. The van der Waals surface area contributed by atoms with E-state index in [0.29, 0.717) is 5.75 Å². The zero-order valence-corrected chi connectivity index (χ0v) is 18.6. The Morgan fingerprint density at radius 3 is 2.34 bits per heavy atom. The summed E-state index contributed by atoms with van der Waals surface area (Å²) in [5.41, 5.74) is 0.850. The van der Waals surface area contributed by atoms with Gasteiger partial charge in [0, 0.05) is 12.3 Å². The Labute approximate surface area is 186 Å². The SMILES string of the molecule is COc1ccc(/C=C/C(=O)N[C@H](C)C(=O)OCC(=O)Nc2ccccc2S(C)(=O)=O)cc1. The number of para-hydroxylation sites is 1. The van der Waals surface area contributed by atoms with Gasteiger partial charge in [-0.3, -0.25) is 9.59 Å². The zero-order chi connectivity index (χ0) is 23.7. The van der Waals surface area contributed by atoms with Gasteiger partial charge in [0.25, 0.3) is 5.91 Å². The van der Waals surface area contributed by atoms with Gasteiger partial charge in [-0.2, -0.15) is 0 Å². The molecule has 9 nitrogen and oxygen atoms in total. The lowest BCUT2D eigenvalue weighted by molar-refractivity contribution is -0.149. The van der Waals surface area contributed by atoms with Crippen LogP contribution in [0.4, 0.5) is 5.69 Å². The lowest BCUT2D eigenvalue weighted by Crippen LogP contribution is -2.39. The highest BCUT2D eigenvalue weighted by atomic mass is 32.2. The molecule has 10 heteroatoms. The maximum atomic E-state index is 12.1. The van der Waals surface area contributed by atoms with Crippen LogP contribution in [0.2, 0.25) is 0 Å². The third kappa shape index (κ3) is 7.55. The fourth-order valence-electron chi connectivity index (χ4n) is 2.55. The van der Waals surface area contributed by atoms with Crippen LogP contribution in [-0.2, 0) is 29.0 Å². The molecule has 2 aromatic carbocycles. The number of amides is 2. The Bertz CT molecular complexity index is 1110. The van der Waals surface area contributed by atoms with Crippen LogP contribution in [0.25, 0.3) is 6.08 Å². The van der Waals surface area contributed by atoms with Crippen molar-refractivity contribution in [3.05, 3.63) is 60.2 Å². The summed E-state index contributed by atoms with van der Waals surface area (Å²) in [7, 11) is -2.00. The van der Waals surface area contributed by atoms with E-state index in [4.69, 9.17) is 9.47 Å². The molecule has 0 aliphatic rings. The number of esters is 1. The molecule has 0 heterocycles. The molecule has 0 saturated heterocycles. The van der Waals surface area contributed by atoms with Crippen molar-refractivity contribution >= 4 is 39.4 Å². The van der Waals surface area contributed by atoms with Crippen molar-refractivity contribution in [3.63, 3.8) is 0 Å². The summed E-state index contributed by atoms with van der Waals surface area (Å²) < 4.78 is 33.5. The Morgan fingerprint density at radius 2 is 1.72 bits per heavy atom. The molecule has 0 spiro atoms. The summed E-state index contributed by atoms with van der Waals surface area (Å²) >= 11 is 0. The first-order chi connectivity index (χ1) is 15.1. The molecule has 170 valence electrons.